The number of nitrogens with one attached hydrogen (secondary N) is 1. The second-order valence-corrected chi connectivity index (χ2v) is 5.68. The maximum Gasteiger partial charge on any atom is 0.0951 e. The predicted molar refractivity (Wildman–Crippen MR) is 82.2 cm³/mol. The molecule has 0 bridgehead atoms. The van der Waals surface area contributed by atoms with E-state index in [0.29, 0.717) is 12.6 Å². The molecule has 0 saturated heterocycles. The van der Waals surface area contributed by atoms with Gasteiger partial charge in [-0.05, 0) is 32.0 Å². The number of anilines is 1. The fourth-order valence-electron chi connectivity index (χ4n) is 2.05. The third kappa shape index (κ3) is 3.36. The van der Waals surface area contributed by atoms with Crippen LogP contribution < -0.4 is 11.1 Å². The Morgan fingerprint density at radius 3 is 2.84 bits per heavy atom. The minimum absolute atomic E-state index is 0.0548. The summed E-state index contributed by atoms with van der Waals surface area (Å²) < 4.78 is 3.19. The van der Waals surface area contributed by atoms with E-state index in [2.05, 4.69) is 44.6 Å². The van der Waals surface area contributed by atoms with Crippen molar-refractivity contribution < 1.29 is 0 Å². The molecule has 3 N–H and O–H groups in total. The van der Waals surface area contributed by atoms with E-state index < -0.39 is 0 Å². The summed E-state index contributed by atoms with van der Waals surface area (Å²) >= 11 is 3.47. The van der Waals surface area contributed by atoms with Crippen molar-refractivity contribution in [3.05, 3.63) is 47.0 Å². The third-order valence-electron chi connectivity index (χ3n) is 3.01. The van der Waals surface area contributed by atoms with Gasteiger partial charge in [-0.3, -0.25) is 0 Å². The molecule has 0 aliphatic rings. The number of hydrogen-bond acceptors (Lipinski definition) is 3. The Labute approximate surface area is 122 Å². The molecule has 5 heteroatoms. The van der Waals surface area contributed by atoms with Gasteiger partial charge in [-0.1, -0.05) is 22.0 Å². The second kappa shape index (κ2) is 6.21. The van der Waals surface area contributed by atoms with Crippen LogP contribution in [0.2, 0.25) is 0 Å². The van der Waals surface area contributed by atoms with E-state index in [1.807, 2.05) is 36.8 Å². The Bertz CT molecular complexity index is 536. The Morgan fingerprint density at radius 1 is 1.42 bits per heavy atom. The first-order valence-electron chi connectivity index (χ1n) is 6.35. The van der Waals surface area contributed by atoms with Crippen LogP contribution in [0, 0.1) is 0 Å². The average Bonchev–Trinajstić information content (AvgIpc) is 2.85. The molecule has 0 saturated carbocycles. The van der Waals surface area contributed by atoms with Crippen LogP contribution in [-0.4, -0.2) is 16.1 Å². The van der Waals surface area contributed by atoms with E-state index in [1.54, 1.807) is 0 Å². The van der Waals surface area contributed by atoms with Crippen molar-refractivity contribution in [3.8, 4) is 0 Å². The summed E-state index contributed by atoms with van der Waals surface area (Å²) in [6.45, 7) is 4.79. The van der Waals surface area contributed by atoms with Gasteiger partial charge in [0.05, 0.1) is 24.3 Å². The molecule has 0 fully saturated rings. The zero-order valence-electron chi connectivity index (χ0n) is 11.2. The molecular weight excluding hydrogens is 304 g/mol. The molecule has 2 aromatic rings. The molecule has 0 aliphatic heterocycles. The van der Waals surface area contributed by atoms with Gasteiger partial charge in [-0.25, -0.2) is 4.98 Å². The van der Waals surface area contributed by atoms with E-state index in [-0.39, 0.29) is 6.04 Å². The summed E-state index contributed by atoms with van der Waals surface area (Å²) in [5.41, 5.74) is 8.06. The highest BCUT2D eigenvalue weighted by molar-refractivity contribution is 9.10. The van der Waals surface area contributed by atoms with Gasteiger partial charge in [-0.15, -0.1) is 0 Å². The number of hydrogen-bond donors (Lipinski definition) is 2. The van der Waals surface area contributed by atoms with Crippen LogP contribution in [0.1, 0.15) is 31.6 Å². The van der Waals surface area contributed by atoms with Crippen molar-refractivity contribution in [1.29, 1.82) is 0 Å². The van der Waals surface area contributed by atoms with Gasteiger partial charge >= 0.3 is 0 Å². The molecule has 1 aromatic heterocycles. The molecule has 1 unspecified atom stereocenters. The second-order valence-electron chi connectivity index (χ2n) is 4.76. The number of nitrogens with zero attached hydrogens (tertiary/aromatic N) is 2. The molecule has 1 aromatic carbocycles. The van der Waals surface area contributed by atoms with Gasteiger partial charge in [0.1, 0.15) is 0 Å². The van der Waals surface area contributed by atoms with E-state index in [9.17, 15) is 0 Å². The number of halogens is 1. The molecule has 1 atom stereocenters. The Hall–Kier alpha value is -1.33. The summed E-state index contributed by atoms with van der Waals surface area (Å²) in [6, 6.07) is 8.50. The van der Waals surface area contributed by atoms with Crippen molar-refractivity contribution >= 4 is 21.6 Å². The van der Waals surface area contributed by atoms with Crippen molar-refractivity contribution in [1.82, 2.24) is 9.55 Å². The number of nitrogens with two attached hydrogens (primary N) is 1. The van der Waals surface area contributed by atoms with Crippen LogP contribution in [0.5, 0.6) is 0 Å². The molecule has 102 valence electrons. The van der Waals surface area contributed by atoms with E-state index in [1.165, 1.54) is 0 Å². The maximum atomic E-state index is 5.90. The summed E-state index contributed by atoms with van der Waals surface area (Å²) in [7, 11) is 0. The zero-order valence-corrected chi connectivity index (χ0v) is 12.8. The lowest BCUT2D eigenvalue weighted by molar-refractivity contribution is 0.553. The molecule has 0 spiro atoms. The number of imidazole rings is 1. The fourth-order valence-corrected chi connectivity index (χ4v) is 2.45. The Kier molecular flexibility index (Phi) is 4.61. The van der Waals surface area contributed by atoms with Gasteiger partial charge in [0.25, 0.3) is 0 Å². The molecule has 2 rings (SSSR count). The van der Waals surface area contributed by atoms with Gasteiger partial charge in [-0.2, -0.15) is 0 Å². The molecule has 0 amide bonds. The van der Waals surface area contributed by atoms with Crippen molar-refractivity contribution in [3.63, 3.8) is 0 Å². The van der Waals surface area contributed by atoms with E-state index in [0.717, 1.165) is 15.9 Å². The van der Waals surface area contributed by atoms with Crippen LogP contribution in [0.4, 0.5) is 5.69 Å². The molecule has 4 nitrogen and oxygen atoms in total. The largest absolute Gasteiger partial charge is 0.375 e. The monoisotopic (exact) mass is 322 g/mol. The maximum absolute atomic E-state index is 5.90. The first-order valence-corrected chi connectivity index (χ1v) is 7.15. The van der Waals surface area contributed by atoms with E-state index in [4.69, 9.17) is 5.73 Å². The van der Waals surface area contributed by atoms with Crippen LogP contribution in [0.15, 0.2) is 41.3 Å². The number of aromatic nitrogens is 2. The first-order chi connectivity index (χ1) is 9.11. The van der Waals surface area contributed by atoms with Crippen molar-refractivity contribution in [2.24, 2.45) is 5.73 Å². The lowest BCUT2D eigenvalue weighted by atomic mass is 10.2. The molecule has 0 radical (unpaired) electrons. The number of rotatable bonds is 5. The van der Waals surface area contributed by atoms with Gasteiger partial charge in [0, 0.05) is 22.7 Å². The summed E-state index contributed by atoms with van der Waals surface area (Å²) in [5.74, 6) is 0. The lowest BCUT2D eigenvalue weighted by Gasteiger charge is -2.21. The van der Waals surface area contributed by atoms with Gasteiger partial charge < -0.3 is 15.6 Å². The highest BCUT2D eigenvalue weighted by atomic mass is 79.9. The van der Waals surface area contributed by atoms with Gasteiger partial charge in [0.2, 0.25) is 0 Å². The van der Waals surface area contributed by atoms with Crippen LogP contribution >= 0.6 is 15.9 Å². The summed E-state index contributed by atoms with van der Waals surface area (Å²) in [5, 5.41) is 3.45. The standard InChI is InChI=1S/C14H19BrN4/c1-10(2)19-9-17-8-14(19)13(7-16)18-12-5-3-4-11(15)6-12/h3-6,8-10,13,18H,7,16H2,1-2H3. The Morgan fingerprint density at radius 2 is 2.21 bits per heavy atom. The SMILES string of the molecule is CC(C)n1cncc1C(CN)Nc1cccc(Br)c1. The smallest absolute Gasteiger partial charge is 0.0951 e. The first kappa shape index (κ1) is 14.1. The Balaban J connectivity index is 2.23. The number of benzene rings is 1. The predicted octanol–water partition coefficient (Wildman–Crippen LogP) is 3.34. The summed E-state index contributed by atoms with van der Waals surface area (Å²) in [4.78, 5) is 4.23. The zero-order chi connectivity index (χ0) is 13.8. The molecule has 0 aliphatic carbocycles. The van der Waals surface area contributed by atoms with E-state index >= 15 is 0 Å². The lowest BCUT2D eigenvalue weighted by Crippen LogP contribution is -2.23. The quantitative estimate of drug-likeness (QED) is 0.887. The van der Waals surface area contributed by atoms with Crippen molar-refractivity contribution in [2.45, 2.75) is 25.9 Å². The van der Waals surface area contributed by atoms with Crippen molar-refractivity contribution in [2.75, 3.05) is 11.9 Å². The molecule has 1 heterocycles. The van der Waals surface area contributed by atoms with Gasteiger partial charge in [0.15, 0.2) is 0 Å². The summed E-state index contributed by atoms with van der Waals surface area (Å²) in [6.07, 6.45) is 3.73. The van der Waals surface area contributed by atoms with Crippen LogP contribution in [0.3, 0.4) is 0 Å². The minimum Gasteiger partial charge on any atom is -0.375 e. The highest BCUT2D eigenvalue weighted by Gasteiger charge is 2.15. The van der Waals surface area contributed by atoms with Crippen LogP contribution in [-0.2, 0) is 0 Å². The fraction of sp³-hybridized carbons (Fsp3) is 0.357. The topological polar surface area (TPSA) is 55.9 Å². The molecular formula is C14H19BrN4. The van der Waals surface area contributed by atoms with Crippen LogP contribution in [0.25, 0.3) is 0 Å². The normalized spacial score (nSPS) is 12.7. The minimum atomic E-state index is 0.0548. The third-order valence-corrected chi connectivity index (χ3v) is 3.50. The average molecular weight is 323 g/mol. The molecule has 19 heavy (non-hydrogen) atoms. The highest BCUT2D eigenvalue weighted by Crippen LogP contribution is 2.23.